The molecule has 0 spiro atoms. The number of aliphatic hydroxyl groups is 1. The number of aliphatic hydroxyl groups excluding tert-OH is 1. The lowest BCUT2D eigenvalue weighted by Gasteiger charge is -2.35. The lowest BCUT2D eigenvalue weighted by atomic mass is 9.91. The molecule has 0 bridgehead atoms. The number of likely N-dealkylation sites (tertiary alicyclic amines) is 1. The van der Waals surface area contributed by atoms with Gasteiger partial charge in [0.15, 0.2) is 0 Å². The molecule has 0 aromatic heterocycles. The van der Waals surface area contributed by atoms with Crippen molar-refractivity contribution in [1.82, 2.24) is 4.90 Å². The number of ketones is 1. The van der Waals surface area contributed by atoms with Crippen LogP contribution in [0, 0.1) is 10.1 Å². The fraction of sp³-hybridized carbons (Fsp3) is 0.360. The average molecular weight is 450 g/mol. The van der Waals surface area contributed by atoms with Gasteiger partial charge in [-0.15, -0.1) is 0 Å². The van der Waals surface area contributed by atoms with Crippen molar-refractivity contribution in [1.29, 1.82) is 0 Å². The molecular formula is C25H27N3O5. The highest BCUT2D eigenvalue weighted by Crippen LogP contribution is 2.43. The van der Waals surface area contributed by atoms with Crippen molar-refractivity contribution in [3.63, 3.8) is 0 Å². The van der Waals surface area contributed by atoms with Crippen LogP contribution in [0.25, 0.3) is 5.76 Å². The smallest absolute Gasteiger partial charge is 0.295 e. The Morgan fingerprint density at radius 2 is 1.61 bits per heavy atom. The molecule has 2 aliphatic rings. The first kappa shape index (κ1) is 22.5. The van der Waals surface area contributed by atoms with E-state index < -0.39 is 22.7 Å². The Morgan fingerprint density at radius 3 is 2.15 bits per heavy atom. The molecule has 2 aromatic carbocycles. The number of carbonyl (C=O) groups excluding carboxylic acids is 2. The van der Waals surface area contributed by atoms with Crippen LogP contribution in [0.4, 0.5) is 11.4 Å². The van der Waals surface area contributed by atoms with Crippen molar-refractivity contribution in [3.05, 3.63) is 75.3 Å². The van der Waals surface area contributed by atoms with Crippen LogP contribution in [0.2, 0.25) is 0 Å². The van der Waals surface area contributed by atoms with Crippen LogP contribution >= 0.6 is 0 Å². The number of amides is 1. The van der Waals surface area contributed by atoms with E-state index in [0.29, 0.717) is 0 Å². The summed E-state index contributed by atoms with van der Waals surface area (Å²) in [7, 11) is 3.86. The van der Waals surface area contributed by atoms with Crippen molar-refractivity contribution in [2.24, 2.45) is 0 Å². The molecule has 0 radical (unpaired) electrons. The molecular weight excluding hydrogens is 422 g/mol. The molecule has 1 unspecified atom stereocenters. The van der Waals surface area contributed by atoms with E-state index in [9.17, 15) is 24.8 Å². The topological polar surface area (TPSA) is 104 Å². The maximum atomic E-state index is 13.2. The Balaban J connectivity index is 1.83. The molecule has 1 saturated carbocycles. The molecule has 1 atom stereocenters. The zero-order chi connectivity index (χ0) is 23.7. The second-order valence-corrected chi connectivity index (χ2v) is 8.79. The zero-order valence-electron chi connectivity index (χ0n) is 18.7. The average Bonchev–Trinajstić information content (AvgIpc) is 3.09. The predicted molar refractivity (Wildman–Crippen MR) is 125 cm³/mol. The van der Waals surface area contributed by atoms with Gasteiger partial charge >= 0.3 is 0 Å². The highest BCUT2D eigenvalue weighted by Gasteiger charge is 2.48. The first-order chi connectivity index (χ1) is 15.8. The molecule has 1 amide bonds. The van der Waals surface area contributed by atoms with E-state index >= 15 is 0 Å². The molecule has 1 N–H and O–H groups in total. The Bertz CT molecular complexity index is 1100. The summed E-state index contributed by atoms with van der Waals surface area (Å²) in [6, 6.07) is 12.2. The molecule has 1 heterocycles. The number of non-ortho nitro benzene ring substituents is 1. The third-order valence-corrected chi connectivity index (χ3v) is 6.52. The molecule has 1 aliphatic carbocycles. The molecule has 2 aromatic rings. The van der Waals surface area contributed by atoms with Gasteiger partial charge in [0.1, 0.15) is 5.76 Å². The minimum Gasteiger partial charge on any atom is -0.507 e. The van der Waals surface area contributed by atoms with Crippen molar-refractivity contribution >= 4 is 28.8 Å². The van der Waals surface area contributed by atoms with Crippen LogP contribution < -0.4 is 4.90 Å². The Kier molecular flexibility index (Phi) is 6.18. The molecule has 4 rings (SSSR count). The van der Waals surface area contributed by atoms with E-state index in [0.717, 1.165) is 43.4 Å². The van der Waals surface area contributed by atoms with E-state index in [1.54, 1.807) is 4.90 Å². The van der Waals surface area contributed by atoms with E-state index in [2.05, 4.69) is 0 Å². The highest BCUT2D eigenvalue weighted by atomic mass is 16.6. The number of hydrogen-bond donors (Lipinski definition) is 1. The van der Waals surface area contributed by atoms with E-state index in [1.807, 2.05) is 43.3 Å². The Hall–Kier alpha value is -3.68. The summed E-state index contributed by atoms with van der Waals surface area (Å²) in [5.41, 5.74) is 1.89. The number of hydrogen-bond acceptors (Lipinski definition) is 6. The van der Waals surface area contributed by atoms with Gasteiger partial charge in [-0.3, -0.25) is 19.7 Å². The summed E-state index contributed by atoms with van der Waals surface area (Å²) in [6.07, 6.45) is 4.71. The fourth-order valence-electron chi connectivity index (χ4n) is 4.76. The molecule has 8 nitrogen and oxygen atoms in total. The van der Waals surface area contributed by atoms with E-state index in [-0.39, 0.29) is 28.6 Å². The number of nitro benzene ring substituents is 1. The number of benzene rings is 2. The van der Waals surface area contributed by atoms with Gasteiger partial charge in [-0.05, 0) is 42.7 Å². The molecule has 33 heavy (non-hydrogen) atoms. The third-order valence-electron chi connectivity index (χ3n) is 6.52. The van der Waals surface area contributed by atoms with Gasteiger partial charge in [-0.1, -0.05) is 31.4 Å². The van der Waals surface area contributed by atoms with Gasteiger partial charge in [0, 0.05) is 43.5 Å². The van der Waals surface area contributed by atoms with Crippen LogP contribution in [-0.2, 0) is 9.59 Å². The van der Waals surface area contributed by atoms with Gasteiger partial charge in [0.05, 0.1) is 16.5 Å². The summed E-state index contributed by atoms with van der Waals surface area (Å²) >= 11 is 0. The number of Topliss-reactive ketones (excluding diaryl/α,β-unsaturated/α-hetero) is 1. The first-order valence-corrected chi connectivity index (χ1v) is 11.1. The van der Waals surface area contributed by atoms with E-state index in [4.69, 9.17) is 0 Å². The van der Waals surface area contributed by atoms with Crippen molar-refractivity contribution in [2.45, 2.75) is 44.2 Å². The quantitative estimate of drug-likeness (QED) is 0.238. The number of nitrogens with zero attached hydrogens (tertiary/aromatic N) is 3. The van der Waals surface area contributed by atoms with Crippen molar-refractivity contribution in [3.8, 4) is 0 Å². The number of rotatable bonds is 5. The SMILES string of the molecule is CN(C)c1ccc(C2/C(=C(/O)c3ccc([N+](=O)[O-])cc3)C(=O)C(=O)N2C2CCCCC2)cc1. The number of nitro groups is 1. The normalized spacial score (nSPS) is 20.8. The zero-order valence-corrected chi connectivity index (χ0v) is 18.7. The summed E-state index contributed by atoms with van der Waals surface area (Å²) in [5, 5.41) is 22.1. The second kappa shape index (κ2) is 9.05. The molecule has 1 aliphatic heterocycles. The van der Waals surface area contributed by atoms with Gasteiger partial charge in [-0.2, -0.15) is 0 Å². The summed E-state index contributed by atoms with van der Waals surface area (Å²) in [5.74, 6) is -1.64. The third kappa shape index (κ3) is 4.20. The summed E-state index contributed by atoms with van der Waals surface area (Å²) in [6.45, 7) is 0. The number of anilines is 1. The maximum Gasteiger partial charge on any atom is 0.295 e. The van der Waals surface area contributed by atoms with Crippen LogP contribution in [0.15, 0.2) is 54.1 Å². The first-order valence-electron chi connectivity index (χ1n) is 11.1. The second-order valence-electron chi connectivity index (χ2n) is 8.79. The van der Waals surface area contributed by atoms with Crippen molar-refractivity contribution < 1.29 is 19.6 Å². The van der Waals surface area contributed by atoms with Crippen LogP contribution in [0.1, 0.15) is 49.3 Å². The van der Waals surface area contributed by atoms with Crippen LogP contribution in [-0.4, -0.2) is 46.8 Å². The standard InChI is InChI=1S/C25H27N3O5/c1-26(2)18-12-8-16(9-13-18)22-21(23(29)17-10-14-20(15-11-17)28(32)33)24(30)25(31)27(22)19-6-4-3-5-7-19/h8-15,19,22,29H,3-7H2,1-2H3/b23-21-. The van der Waals surface area contributed by atoms with Crippen molar-refractivity contribution in [2.75, 3.05) is 19.0 Å². The Labute approximate surface area is 192 Å². The van der Waals surface area contributed by atoms with Gasteiger partial charge in [0.25, 0.3) is 17.4 Å². The van der Waals surface area contributed by atoms with Gasteiger partial charge in [-0.25, -0.2) is 0 Å². The molecule has 8 heteroatoms. The maximum absolute atomic E-state index is 13.2. The minimum absolute atomic E-state index is 0.0250. The molecule has 172 valence electrons. The predicted octanol–water partition coefficient (Wildman–Crippen LogP) is 4.42. The van der Waals surface area contributed by atoms with E-state index in [1.165, 1.54) is 24.3 Å². The number of carbonyl (C=O) groups is 2. The lowest BCUT2D eigenvalue weighted by Crippen LogP contribution is -2.40. The molecule has 1 saturated heterocycles. The van der Waals surface area contributed by atoms with Crippen LogP contribution in [0.5, 0.6) is 0 Å². The van der Waals surface area contributed by atoms with Gasteiger partial charge < -0.3 is 14.9 Å². The minimum atomic E-state index is -0.724. The fourth-order valence-corrected chi connectivity index (χ4v) is 4.76. The monoisotopic (exact) mass is 449 g/mol. The summed E-state index contributed by atoms with van der Waals surface area (Å²) in [4.78, 5) is 40.4. The Morgan fingerprint density at radius 1 is 1.00 bits per heavy atom. The lowest BCUT2D eigenvalue weighted by molar-refractivity contribution is -0.384. The molecule has 2 fully saturated rings. The largest absolute Gasteiger partial charge is 0.507 e. The van der Waals surface area contributed by atoms with Crippen LogP contribution in [0.3, 0.4) is 0 Å². The highest BCUT2D eigenvalue weighted by molar-refractivity contribution is 6.46. The van der Waals surface area contributed by atoms with Gasteiger partial charge in [0.2, 0.25) is 0 Å². The summed E-state index contributed by atoms with van der Waals surface area (Å²) < 4.78 is 0.